The average Bonchev–Trinajstić information content (AvgIpc) is 3.39. The molecule has 216 valence electrons. The third kappa shape index (κ3) is 7.07. The highest BCUT2D eigenvalue weighted by molar-refractivity contribution is 7.90. The zero-order valence-corrected chi connectivity index (χ0v) is 23.1. The van der Waals surface area contributed by atoms with E-state index in [4.69, 9.17) is 14.2 Å². The maximum absolute atomic E-state index is 16.1. The lowest BCUT2D eigenvalue weighted by Gasteiger charge is -2.38. The first kappa shape index (κ1) is 29.7. The van der Waals surface area contributed by atoms with Crippen LogP contribution in [0.1, 0.15) is 58.1 Å². The van der Waals surface area contributed by atoms with E-state index >= 15 is 8.78 Å². The summed E-state index contributed by atoms with van der Waals surface area (Å²) in [6.07, 6.45) is -1.47. The van der Waals surface area contributed by atoms with E-state index < -0.39 is 70.4 Å². The number of rotatable bonds is 9. The Morgan fingerprint density at radius 3 is 2.51 bits per heavy atom. The third-order valence-electron chi connectivity index (χ3n) is 6.96. The Balaban J connectivity index is 1.59. The van der Waals surface area contributed by atoms with Crippen LogP contribution in [0.5, 0.6) is 5.75 Å². The smallest absolute Gasteiger partial charge is 0.331 e. The zero-order chi connectivity index (χ0) is 28.3. The number of nitrogens with zero attached hydrogens (tertiary/aromatic N) is 1. The number of nitrogens with one attached hydrogen (secondary N) is 2. The largest absolute Gasteiger partial charge is 0.598 e. The molecule has 2 N–H and O–H groups in total. The number of halogens is 2. The molecule has 0 saturated carbocycles. The predicted molar refractivity (Wildman–Crippen MR) is 137 cm³/mol. The molecule has 3 unspecified atom stereocenters. The summed E-state index contributed by atoms with van der Waals surface area (Å²) >= 11 is -1.83. The van der Waals surface area contributed by atoms with Crippen LogP contribution in [0.25, 0.3) is 0 Å². The van der Waals surface area contributed by atoms with Crippen LogP contribution in [-0.4, -0.2) is 76.8 Å². The lowest BCUT2D eigenvalue weighted by molar-refractivity contribution is -0.146. The molecule has 5 atom stereocenters. The quantitative estimate of drug-likeness (QED) is 0.342. The fourth-order valence-electron chi connectivity index (χ4n) is 4.75. The molecule has 3 saturated heterocycles. The molecule has 0 bridgehead atoms. The van der Waals surface area contributed by atoms with Crippen molar-refractivity contribution in [3.63, 3.8) is 0 Å². The number of amides is 4. The van der Waals surface area contributed by atoms with Crippen LogP contribution in [0.2, 0.25) is 0 Å². The van der Waals surface area contributed by atoms with Gasteiger partial charge >= 0.3 is 6.03 Å². The number of barbiturate groups is 1. The Hall–Kier alpha value is -2.32. The normalized spacial score (nSPS) is 25.4. The first-order chi connectivity index (χ1) is 18.5. The summed E-state index contributed by atoms with van der Waals surface area (Å²) in [4.78, 5) is 39.4. The topological polar surface area (TPSA) is 129 Å². The van der Waals surface area contributed by atoms with E-state index in [0.29, 0.717) is 45.7 Å². The molecule has 0 radical (unpaired) electrons. The number of ether oxygens (including phenoxy) is 3. The van der Waals surface area contributed by atoms with Crippen molar-refractivity contribution < 1.29 is 41.9 Å². The number of hydrogen-bond acceptors (Lipinski definition) is 8. The second kappa shape index (κ2) is 12.5. The van der Waals surface area contributed by atoms with Crippen molar-refractivity contribution in [2.75, 3.05) is 26.4 Å². The number of urea groups is 1. The van der Waals surface area contributed by atoms with E-state index in [2.05, 4.69) is 10.0 Å². The molecule has 1 aromatic rings. The Morgan fingerprint density at radius 1 is 1.18 bits per heavy atom. The van der Waals surface area contributed by atoms with Crippen molar-refractivity contribution >= 4 is 29.2 Å². The molecule has 3 fully saturated rings. The van der Waals surface area contributed by atoms with Gasteiger partial charge in [-0.05, 0) is 51.8 Å². The van der Waals surface area contributed by atoms with Gasteiger partial charge in [0.25, 0.3) is 0 Å². The van der Waals surface area contributed by atoms with E-state index in [1.165, 1.54) is 12.1 Å². The molecular formula is C26H35F2N3O7S. The second-order valence-corrected chi connectivity index (χ2v) is 12.9. The minimum Gasteiger partial charge on any atom is -0.598 e. The van der Waals surface area contributed by atoms with Crippen molar-refractivity contribution in [1.29, 1.82) is 0 Å². The SMILES string of the molecule is CC(C)(C)[S@@+]([O-])NC(c1cc(O[C@@H]2CCOC2)ccc1F)C(F)CC1C(=O)NC(=O)N(C2CCOCC2)C1=O. The molecule has 3 heterocycles. The van der Waals surface area contributed by atoms with Gasteiger partial charge in [-0.25, -0.2) is 13.6 Å². The molecule has 0 spiro atoms. The summed E-state index contributed by atoms with van der Waals surface area (Å²) in [6, 6.07) is 1.07. The maximum atomic E-state index is 16.1. The van der Waals surface area contributed by atoms with Crippen molar-refractivity contribution in [2.45, 2.75) is 75.6 Å². The van der Waals surface area contributed by atoms with Gasteiger partial charge in [0.2, 0.25) is 11.8 Å². The highest BCUT2D eigenvalue weighted by Crippen LogP contribution is 2.34. The fourth-order valence-corrected chi connectivity index (χ4v) is 5.61. The van der Waals surface area contributed by atoms with E-state index in [9.17, 15) is 18.9 Å². The standard InChI is InChI=1S/C26H35F2N3O7S/c1-26(2,3)39(35)30-22(18-12-16(4-5-20(18)27)38-17-8-11-37-14-17)21(28)13-19-23(32)29-25(34)31(24(19)33)15-6-9-36-10-7-15/h4-5,12,15,17,19,21-22,30H,6-11,13-14H2,1-3H3,(H,29,32,34)/t17-,19?,21?,22?,39-/m1/s1. The van der Waals surface area contributed by atoms with Gasteiger partial charge in [0.1, 0.15) is 40.5 Å². The van der Waals surface area contributed by atoms with E-state index in [-0.39, 0.29) is 17.4 Å². The highest BCUT2D eigenvalue weighted by Gasteiger charge is 2.46. The Labute approximate surface area is 229 Å². The van der Waals surface area contributed by atoms with Crippen LogP contribution >= 0.6 is 0 Å². The second-order valence-electron chi connectivity index (χ2n) is 10.9. The summed E-state index contributed by atoms with van der Waals surface area (Å²) in [5.41, 5.74) is -0.155. The first-order valence-electron chi connectivity index (χ1n) is 13.1. The molecule has 39 heavy (non-hydrogen) atoms. The Kier molecular flexibility index (Phi) is 9.48. The van der Waals surface area contributed by atoms with Crippen molar-refractivity contribution in [2.24, 2.45) is 5.92 Å². The van der Waals surface area contributed by atoms with Gasteiger partial charge in [0, 0.05) is 49.0 Å². The van der Waals surface area contributed by atoms with Gasteiger partial charge in [-0.1, -0.05) is 0 Å². The van der Waals surface area contributed by atoms with Crippen LogP contribution in [0.4, 0.5) is 13.6 Å². The van der Waals surface area contributed by atoms with Gasteiger partial charge in [0.15, 0.2) is 0 Å². The van der Waals surface area contributed by atoms with Crippen molar-refractivity contribution in [1.82, 2.24) is 14.9 Å². The first-order valence-corrected chi connectivity index (χ1v) is 14.2. The molecule has 4 rings (SSSR count). The number of hydrogen-bond donors (Lipinski definition) is 2. The van der Waals surface area contributed by atoms with Crippen LogP contribution < -0.4 is 14.8 Å². The van der Waals surface area contributed by atoms with E-state index in [1.54, 1.807) is 20.8 Å². The van der Waals surface area contributed by atoms with E-state index in [0.717, 1.165) is 11.0 Å². The monoisotopic (exact) mass is 571 g/mol. The van der Waals surface area contributed by atoms with Gasteiger partial charge in [0.05, 0.1) is 13.2 Å². The summed E-state index contributed by atoms with van der Waals surface area (Å²) in [7, 11) is 0. The van der Waals surface area contributed by atoms with Gasteiger partial charge in [-0.15, -0.1) is 4.72 Å². The van der Waals surface area contributed by atoms with Gasteiger partial charge < -0.3 is 18.8 Å². The molecule has 1 aromatic carbocycles. The van der Waals surface area contributed by atoms with Crippen LogP contribution in [-0.2, 0) is 30.4 Å². The molecule has 3 aliphatic rings. The maximum Gasteiger partial charge on any atom is 0.331 e. The summed E-state index contributed by atoms with van der Waals surface area (Å²) in [5, 5.41) is 2.15. The van der Waals surface area contributed by atoms with Crippen molar-refractivity contribution in [3.8, 4) is 5.75 Å². The zero-order valence-electron chi connectivity index (χ0n) is 22.2. The van der Waals surface area contributed by atoms with E-state index in [1.807, 2.05) is 0 Å². The summed E-state index contributed by atoms with van der Waals surface area (Å²) < 4.78 is 62.6. The lowest BCUT2D eigenvalue weighted by atomic mass is 9.90. The summed E-state index contributed by atoms with van der Waals surface area (Å²) in [5.74, 6) is -3.75. The third-order valence-corrected chi connectivity index (χ3v) is 8.54. The van der Waals surface area contributed by atoms with Crippen LogP contribution in [0, 0.1) is 11.7 Å². The molecule has 0 aliphatic carbocycles. The minimum absolute atomic E-state index is 0.155. The number of carbonyl (C=O) groups is 3. The number of imide groups is 2. The Bertz CT molecular complexity index is 1060. The fraction of sp³-hybridized carbons (Fsp3) is 0.654. The molecular weight excluding hydrogens is 536 g/mol. The molecule has 0 aromatic heterocycles. The van der Waals surface area contributed by atoms with Gasteiger partial charge in [-0.3, -0.25) is 19.8 Å². The molecule has 13 heteroatoms. The highest BCUT2D eigenvalue weighted by atomic mass is 32.2. The lowest BCUT2D eigenvalue weighted by Crippen LogP contribution is -2.62. The molecule has 10 nitrogen and oxygen atoms in total. The summed E-state index contributed by atoms with van der Waals surface area (Å²) in [6.45, 7) is 6.62. The molecule has 3 aliphatic heterocycles. The number of benzene rings is 1. The predicted octanol–water partition coefficient (Wildman–Crippen LogP) is 2.69. The minimum atomic E-state index is -2.03. The van der Waals surface area contributed by atoms with Crippen LogP contribution in [0.3, 0.4) is 0 Å². The molecule has 4 amide bonds. The van der Waals surface area contributed by atoms with Gasteiger partial charge in [-0.2, -0.15) is 0 Å². The number of alkyl halides is 1. The van der Waals surface area contributed by atoms with Crippen molar-refractivity contribution in [3.05, 3.63) is 29.6 Å². The average molecular weight is 572 g/mol. The Morgan fingerprint density at radius 2 is 1.87 bits per heavy atom. The van der Waals surface area contributed by atoms with Crippen LogP contribution in [0.15, 0.2) is 18.2 Å². The number of carbonyl (C=O) groups excluding carboxylic acids is 3.